The zero-order valence-electron chi connectivity index (χ0n) is 12.9. The van der Waals surface area contributed by atoms with E-state index in [4.69, 9.17) is 0 Å². The minimum Gasteiger partial charge on any atom is -0.273 e. The summed E-state index contributed by atoms with van der Waals surface area (Å²) in [4.78, 5) is 23.7. The maximum atomic E-state index is 11.9. The molecule has 0 unspecified atom stereocenters. The third kappa shape index (κ3) is 5.54. The minimum atomic E-state index is -2.99. The second-order valence-electron chi connectivity index (χ2n) is 5.61. The Morgan fingerprint density at radius 2 is 1.91 bits per heavy atom. The number of hydrogen-bond donors (Lipinski definition) is 2. The Kier molecular flexibility index (Phi) is 6.06. The number of carbonyl (C=O) groups excluding carboxylic acids is 2. The SMILES string of the molecule is CSCc1ccc(C(=O)NNC(=O)C[C@H]2CCS(=O)(=O)C2)cc1. The van der Waals surface area contributed by atoms with Crippen LogP contribution in [0, 0.1) is 5.92 Å². The predicted molar refractivity (Wildman–Crippen MR) is 90.6 cm³/mol. The molecule has 1 atom stereocenters. The van der Waals surface area contributed by atoms with Gasteiger partial charge in [0.25, 0.3) is 5.91 Å². The summed E-state index contributed by atoms with van der Waals surface area (Å²) in [5, 5.41) is 0. The maximum absolute atomic E-state index is 11.9. The molecule has 126 valence electrons. The lowest BCUT2D eigenvalue weighted by Gasteiger charge is -2.10. The molecule has 0 radical (unpaired) electrons. The number of hydrazine groups is 1. The highest BCUT2D eigenvalue weighted by Crippen LogP contribution is 2.21. The van der Waals surface area contributed by atoms with Crippen molar-refractivity contribution in [1.82, 2.24) is 10.9 Å². The van der Waals surface area contributed by atoms with Crippen molar-refractivity contribution in [2.45, 2.75) is 18.6 Å². The Balaban J connectivity index is 1.78. The lowest BCUT2D eigenvalue weighted by atomic mass is 10.1. The van der Waals surface area contributed by atoms with Gasteiger partial charge in [0.2, 0.25) is 5.91 Å². The molecular formula is C15H20N2O4S2. The van der Waals surface area contributed by atoms with Crippen molar-refractivity contribution < 1.29 is 18.0 Å². The van der Waals surface area contributed by atoms with Crippen molar-refractivity contribution >= 4 is 33.4 Å². The number of rotatable bonds is 5. The van der Waals surface area contributed by atoms with Crippen LogP contribution in [0.4, 0.5) is 0 Å². The summed E-state index contributed by atoms with van der Waals surface area (Å²) in [7, 11) is -2.99. The smallest absolute Gasteiger partial charge is 0.269 e. The molecule has 6 nitrogen and oxygen atoms in total. The summed E-state index contributed by atoms with van der Waals surface area (Å²) in [5.41, 5.74) is 6.27. The van der Waals surface area contributed by atoms with E-state index in [2.05, 4.69) is 10.9 Å². The van der Waals surface area contributed by atoms with E-state index in [1.165, 1.54) is 0 Å². The van der Waals surface area contributed by atoms with Gasteiger partial charge in [-0.2, -0.15) is 11.8 Å². The van der Waals surface area contributed by atoms with E-state index in [1.54, 1.807) is 23.9 Å². The average Bonchev–Trinajstić information content (AvgIpc) is 2.84. The Bertz CT molecular complexity index is 671. The molecule has 0 bridgehead atoms. The second-order valence-corrected chi connectivity index (χ2v) is 8.70. The van der Waals surface area contributed by atoms with Gasteiger partial charge in [0, 0.05) is 17.7 Å². The number of benzene rings is 1. The zero-order valence-corrected chi connectivity index (χ0v) is 14.5. The van der Waals surface area contributed by atoms with Gasteiger partial charge in [-0.15, -0.1) is 0 Å². The number of carbonyl (C=O) groups is 2. The summed E-state index contributed by atoms with van der Waals surface area (Å²) in [5.74, 6) is 0.128. The lowest BCUT2D eigenvalue weighted by molar-refractivity contribution is -0.122. The number of amides is 2. The van der Waals surface area contributed by atoms with Gasteiger partial charge in [0.1, 0.15) is 0 Å². The first-order valence-electron chi connectivity index (χ1n) is 7.27. The molecular weight excluding hydrogens is 336 g/mol. The van der Waals surface area contributed by atoms with Crippen molar-refractivity contribution in [3.05, 3.63) is 35.4 Å². The average molecular weight is 356 g/mol. The first kappa shape index (κ1) is 17.8. The fourth-order valence-corrected chi connectivity index (χ4v) is 4.85. The van der Waals surface area contributed by atoms with Gasteiger partial charge < -0.3 is 0 Å². The van der Waals surface area contributed by atoms with Gasteiger partial charge in [0.05, 0.1) is 11.5 Å². The largest absolute Gasteiger partial charge is 0.273 e. The molecule has 0 spiro atoms. The summed E-state index contributed by atoms with van der Waals surface area (Å²) >= 11 is 1.70. The number of sulfone groups is 1. The van der Waals surface area contributed by atoms with Crippen LogP contribution in [-0.2, 0) is 20.4 Å². The number of nitrogens with one attached hydrogen (secondary N) is 2. The van der Waals surface area contributed by atoms with Crippen LogP contribution in [0.3, 0.4) is 0 Å². The Morgan fingerprint density at radius 3 is 2.48 bits per heavy atom. The standard InChI is InChI=1S/C15H20N2O4S2/c1-22-9-11-2-4-13(5-3-11)15(19)17-16-14(18)8-12-6-7-23(20,21)10-12/h2-5,12H,6-10H2,1H3,(H,16,18)(H,17,19)/t12-/m1/s1. The molecule has 8 heteroatoms. The van der Waals surface area contributed by atoms with Crippen LogP contribution in [-0.4, -0.2) is 38.0 Å². The third-order valence-electron chi connectivity index (χ3n) is 3.64. The molecule has 1 aromatic rings. The number of thioether (sulfide) groups is 1. The molecule has 1 fully saturated rings. The molecule has 1 aromatic carbocycles. The van der Waals surface area contributed by atoms with Gasteiger partial charge in [-0.3, -0.25) is 20.4 Å². The van der Waals surface area contributed by atoms with Crippen LogP contribution >= 0.6 is 11.8 Å². The zero-order chi connectivity index (χ0) is 16.9. The first-order chi connectivity index (χ1) is 10.9. The monoisotopic (exact) mass is 356 g/mol. The van der Waals surface area contributed by atoms with Crippen molar-refractivity contribution in [3.8, 4) is 0 Å². The molecule has 2 rings (SSSR count). The Labute approximate surface area is 140 Å². The van der Waals surface area contributed by atoms with Crippen LogP contribution in [0.25, 0.3) is 0 Å². The molecule has 2 N–H and O–H groups in total. The molecule has 0 aromatic heterocycles. The van der Waals surface area contributed by atoms with Crippen LogP contribution in [0.5, 0.6) is 0 Å². The summed E-state index contributed by atoms with van der Waals surface area (Å²) in [6.45, 7) is 0. The van der Waals surface area contributed by atoms with Gasteiger partial charge in [-0.25, -0.2) is 8.42 Å². The number of hydrogen-bond acceptors (Lipinski definition) is 5. The van der Waals surface area contributed by atoms with E-state index in [1.807, 2.05) is 18.4 Å². The predicted octanol–water partition coefficient (Wildman–Crippen LogP) is 1.14. The molecule has 2 amide bonds. The van der Waals surface area contributed by atoms with E-state index in [-0.39, 0.29) is 29.8 Å². The van der Waals surface area contributed by atoms with Gasteiger partial charge in [-0.05, 0) is 36.3 Å². The topological polar surface area (TPSA) is 92.3 Å². The van der Waals surface area contributed by atoms with E-state index >= 15 is 0 Å². The second kappa shape index (κ2) is 7.83. The van der Waals surface area contributed by atoms with Crippen molar-refractivity contribution in [1.29, 1.82) is 0 Å². The highest BCUT2D eigenvalue weighted by molar-refractivity contribution is 7.97. The normalized spacial score (nSPS) is 19.3. The first-order valence-corrected chi connectivity index (χ1v) is 10.5. The minimum absolute atomic E-state index is 0.0469. The quantitative estimate of drug-likeness (QED) is 0.772. The van der Waals surface area contributed by atoms with E-state index < -0.39 is 15.7 Å². The van der Waals surface area contributed by atoms with Crippen LogP contribution in [0.15, 0.2) is 24.3 Å². The maximum Gasteiger partial charge on any atom is 0.269 e. The Morgan fingerprint density at radius 1 is 1.22 bits per heavy atom. The van der Waals surface area contributed by atoms with Crippen LogP contribution < -0.4 is 10.9 Å². The van der Waals surface area contributed by atoms with Gasteiger partial charge in [0.15, 0.2) is 9.84 Å². The Hall–Kier alpha value is -1.54. The summed E-state index contributed by atoms with van der Waals surface area (Å²) in [6, 6.07) is 7.15. The molecule has 1 aliphatic heterocycles. The molecule has 1 heterocycles. The van der Waals surface area contributed by atoms with Crippen LogP contribution in [0.1, 0.15) is 28.8 Å². The summed E-state index contributed by atoms with van der Waals surface area (Å²) in [6.07, 6.45) is 2.61. The van der Waals surface area contributed by atoms with E-state index in [9.17, 15) is 18.0 Å². The third-order valence-corrected chi connectivity index (χ3v) is 6.10. The summed E-state index contributed by atoms with van der Waals surface area (Å²) < 4.78 is 22.7. The van der Waals surface area contributed by atoms with Crippen molar-refractivity contribution in [2.24, 2.45) is 5.92 Å². The highest BCUT2D eigenvalue weighted by atomic mass is 32.2. The molecule has 0 aliphatic carbocycles. The van der Waals surface area contributed by atoms with Gasteiger partial charge in [-0.1, -0.05) is 12.1 Å². The fraction of sp³-hybridized carbons (Fsp3) is 0.467. The highest BCUT2D eigenvalue weighted by Gasteiger charge is 2.29. The van der Waals surface area contributed by atoms with E-state index in [0.717, 1.165) is 11.3 Å². The molecule has 0 saturated carbocycles. The molecule has 1 aliphatic rings. The van der Waals surface area contributed by atoms with Crippen molar-refractivity contribution in [2.75, 3.05) is 17.8 Å². The van der Waals surface area contributed by atoms with E-state index in [0.29, 0.717) is 12.0 Å². The van der Waals surface area contributed by atoms with Crippen molar-refractivity contribution in [3.63, 3.8) is 0 Å². The molecule has 23 heavy (non-hydrogen) atoms. The van der Waals surface area contributed by atoms with Gasteiger partial charge >= 0.3 is 0 Å². The van der Waals surface area contributed by atoms with Crippen LogP contribution in [0.2, 0.25) is 0 Å². The fourth-order valence-electron chi connectivity index (χ4n) is 2.46. The lowest BCUT2D eigenvalue weighted by Crippen LogP contribution is -2.42. The molecule has 1 saturated heterocycles.